The highest BCUT2D eigenvalue weighted by atomic mass is 127. The standard InChI is InChI=1S/C34H37F2IN4O4/c1-20-6-7-25(19-45-29-11-10-24(17-21(29)2)22-12-14-40(15-13-22)32(42)23-8-9-23)26(16-20)28-4-3-5-30(39-28)41-31(34(35,36)37)27(18-38-41)33(43)44/h3-5,10-11,17-18,20,22-23H,6-9,12-16,19H2,1-2H3,(H,43,44). The Kier molecular flexibility index (Phi) is 9.00. The number of aromatic carboxylic acids is 1. The maximum atomic E-state index is 14.5. The first-order valence-electron chi connectivity index (χ1n) is 15.6. The number of carbonyl (C=O) groups is 2. The number of piperidine rings is 1. The summed E-state index contributed by atoms with van der Waals surface area (Å²) in [5.74, 6) is 0.933. The third-order valence-electron chi connectivity index (χ3n) is 9.25. The van der Waals surface area contributed by atoms with Gasteiger partial charge >= 0.3 is 9.90 Å². The lowest BCUT2D eigenvalue weighted by Crippen LogP contribution is -2.38. The number of hydrogen-bond acceptors (Lipinski definition) is 5. The first-order chi connectivity index (χ1) is 21.5. The van der Waals surface area contributed by atoms with Crippen LogP contribution in [-0.2, 0) is 8.72 Å². The number of carboxylic acids is 1. The van der Waals surface area contributed by atoms with Gasteiger partial charge in [0.05, 0.1) is 11.9 Å². The number of carbonyl (C=O) groups excluding carboxylic acids is 1. The summed E-state index contributed by atoms with van der Waals surface area (Å²) in [5, 5.41) is 13.4. The average molecular weight is 731 g/mol. The van der Waals surface area contributed by atoms with Gasteiger partial charge in [0, 0.05) is 41.6 Å². The second-order valence-electron chi connectivity index (χ2n) is 12.6. The smallest absolute Gasteiger partial charge is 0.339 e. The molecule has 2 aromatic heterocycles. The molecule has 1 amide bonds. The molecule has 1 aromatic carbocycles. The summed E-state index contributed by atoms with van der Waals surface area (Å²) in [5.41, 5.74) is 3.85. The van der Waals surface area contributed by atoms with Crippen LogP contribution in [0.4, 0.5) is 8.78 Å². The Morgan fingerprint density at radius 3 is 2.53 bits per heavy atom. The Bertz CT molecular complexity index is 1640. The zero-order valence-corrected chi connectivity index (χ0v) is 27.6. The van der Waals surface area contributed by atoms with E-state index >= 15 is 0 Å². The molecule has 0 spiro atoms. The van der Waals surface area contributed by atoms with Crippen molar-refractivity contribution in [2.24, 2.45) is 11.8 Å². The van der Waals surface area contributed by atoms with Gasteiger partial charge in [-0.1, -0.05) is 25.1 Å². The molecule has 1 saturated carbocycles. The summed E-state index contributed by atoms with van der Waals surface area (Å²) in [7, 11) is 0. The summed E-state index contributed by atoms with van der Waals surface area (Å²) in [6, 6.07) is 11.5. The maximum Gasteiger partial charge on any atom is 0.339 e. The van der Waals surface area contributed by atoms with E-state index in [4.69, 9.17) is 9.72 Å². The van der Waals surface area contributed by atoms with Crippen molar-refractivity contribution in [1.82, 2.24) is 19.7 Å². The van der Waals surface area contributed by atoms with E-state index in [-0.39, 0.29) is 11.7 Å². The number of nitrogens with zero attached hydrogens (tertiary/aromatic N) is 4. The molecule has 238 valence electrons. The van der Waals surface area contributed by atoms with Crippen molar-refractivity contribution in [1.29, 1.82) is 0 Å². The number of halogens is 3. The number of pyridine rings is 1. The predicted molar refractivity (Wildman–Crippen MR) is 174 cm³/mol. The zero-order valence-electron chi connectivity index (χ0n) is 25.4. The molecule has 1 aliphatic heterocycles. The predicted octanol–water partition coefficient (Wildman–Crippen LogP) is 7.53. The third kappa shape index (κ3) is 6.92. The van der Waals surface area contributed by atoms with Gasteiger partial charge in [-0.25, -0.2) is 14.5 Å². The van der Waals surface area contributed by atoms with Crippen molar-refractivity contribution in [3.05, 3.63) is 76.2 Å². The number of carboxylic acid groups (broad SMARTS) is 1. The SMILES string of the molecule is Cc1cc(C2CCN(C(=O)C3CC3)CC2)ccc1OCC1=C(c2cccc(-n3ncc(C(=O)O)c3C(F)(F)I)n2)CC(C)CC1. The summed E-state index contributed by atoms with van der Waals surface area (Å²) >= 11 is 0.924. The highest BCUT2D eigenvalue weighted by Gasteiger charge is 2.38. The monoisotopic (exact) mass is 730 g/mol. The lowest BCUT2D eigenvalue weighted by Gasteiger charge is -2.32. The maximum absolute atomic E-state index is 14.5. The van der Waals surface area contributed by atoms with E-state index in [9.17, 15) is 23.5 Å². The van der Waals surface area contributed by atoms with Gasteiger partial charge in [-0.05, 0) is 104 Å². The van der Waals surface area contributed by atoms with Crippen LogP contribution in [0.25, 0.3) is 11.4 Å². The van der Waals surface area contributed by atoms with E-state index in [0.29, 0.717) is 30.0 Å². The van der Waals surface area contributed by atoms with Crippen molar-refractivity contribution in [2.75, 3.05) is 19.7 Å². The van der Waals surface area contributed by atoms with E-state index in [2.05, 4.69) is 31.1 Å². The van der Waals surface area contributed by atoms with E-state index in [1.807, 2.05) is 17.0 Å². The average Bonchev–Trinajstić information content (AvgIpc) is 3.76. The van der Waals surface area contributed by atoms with Gasteiger partial charge < -0.3 is 14.7 Å². The Balaban J connectivity index is 1.19. The molecule has 6 rings (SSSR count). The number of ether oxygens (including phenoxy) is 1. The molecule has 11 heteroatoms. The fraction of sp³-hybridized carbons (Fsp3) is 0.471. The Labute approximate surface area is 275 Å². The second-order valence-corrected chi connectivity index (χ2v) is 14.0. The van der Waals surface area contributed by atoms with E-state index < -0.39 is 21.2 Å². The molecule has 45 heavy (non-hydrogen) atoms. The van der Waals surface area contributed by atoms with Crippen molar-refractivity contribution < 1.29 is 28.2 Å². The molecule has 3 heterocycles. The highest BCUT2D eigenvalue weighted by molar-refractivity contribution is 14.1. The molecule has 3 aromatic rings. The van der Waals surface area contributed by atoms with Crippen LogP contribution in [0, 0.1) is 18.8 Å². The molecule has 1 unspecified atom stereocenters. The lowest BCUT2D eigenvalue weighted by molar-refractivity contribution is -0.133. The highest BCUT2D eigenvalue weighted by Crippen LogP contribution is 2.40. The number of alkyl halides is 3. The third-order valence-corrected chi connectivity index (χ3v) is 9.76. The van der Waals surface area contributed by atoms with Gasteiger partial charge in [-0.15, -0.1) is 0 Å². The van der Waals surface area contributed by atoms with E-state index in [1.165, 1.54) is 5.56 Å². The van der Waals surface area contributed by atoms with Crippen LogP contribution in [-0.4, -0.2) is 56.3 Å². The number of allylic oxidation sites excluding steroid dienone is 1. The fourth-order valence-electron chi connectivity index (χ4n) is 6.55. The molecule has 1 atom stereocenters. The minimum atomic E-state index is -3.46. The van der Waals surface area contributed by atoms with Crippen LogP contribution >= 0.6 is 22.6 Å². The van der Waals surface area contributed by atoms with E-state index in [1.54, 1.807) is 12.1 Å². The number of benzene rings is 1. The Hall–Kier alpha value is -3.35. The molecule has 3 aliphatic rings. The molecule has 8 nitrogen and oxygen atoms in total. The summed E-state index contributed by atoms with van der Waals surface area (Å²) < 4.78 is 32.9. The van der Waals surface area contributed by atoms with Crippen LogP contribution in [0.3, 0.4) is 0 Å². The largest absolute Gasteiger partial charge is 0.489 e. The first kappa shape index (κ1) is 31.6. The Morgan fingerprint density at radius 2 is 1.87 bits per heavy atom. The summed E-state index contributed by atoms with van der Waals surface area (Å²) in [6.07, 6.45) is 7.59. The first-order valence-corrected chi connectivity index (χ1v) is 16.7. The topological polar surface area (TPSA) is 97.6 Å². The number of aryl methyl sites for hydroxylation is 1. The fourth-order valence-corrected chi connectivity index (χ4v) is 7.07. The van der Waals surface area contributed by atoms with Crippen molar-refractivity contribution in [3.8, 4) is 11.6 Å². The number of likely N-dealkylation sites (tertiary alicyclic amines) is 1. The lowest BCUT2D eigenvalue weighted by atomic mass is 9.83. The van der Waals surface area contributed by atoms with E-state index in [0.717, 1.165) is 114 Å². The minimum absolute atomic E-state index is 0.131. The molecule has 1 saturated heterocycles. The van der Waals surface area contributed by atoms with Crippen molar-refractivity contribution in [2.45, 2.75) is 68.6 Å². The van der Waals surface area contributed by atoms with Crippen molar-refractivity contribution >= 4 is 40.0 Å². The number of hydrogen-bond donors (Lipinski definition) is 1. The van der Waals surface area contributed by atoms with Gasteiger partial charge in [-0.2, -0.15) is 13.9 Å². The second kappa shape index (κ2) is 12.8. The quantitative estimate of drug-likeness (QED) is 0.181. The zero-order chi connectivity index (χ0) is 31.9. The van der Waals surface area contributed by atoms with Gasteiger partial charge in [0.25, 0.3) is 0 Å². The molecule has 2 fully saturated rings. The van der Waals surface area contributed by atoms with Crippen molar-refractivity contribution in [3.63, 3.8) is 0 Å². The molecule has 2 aliphatic carbocycles. The Morgan fingerprint density at radius 1 is 1.11 bits per heavy atom. The molecular formula is C34H37F2IN4O4. The van der Waals surface area contributed by atoms with Crippen LogP contribution in [0.5, 0.6) is 5.75 Å². The molecule has 0 radical (unpaired) electrons. The van der Waals surface area contributed by atoms with Crippen LogP contribution in [0.15, 0.2) is 48.2 Å². The normalized spacial score (nSPS) is 19.6. The van der Waals surface area contributed by atoms with Gasteiger partial charge in [0.1, 0.15) is 23.6 Å². The number of aromatic nitrogens is 3. The van der Waals surface area contributed by atoms with Crippen LogP contribution < -0.4 is 4.74 Å². The molecular weight excluding hydrogens is 693 g/mol. The number of rotatable bonds is 9. The summed E-state index contributed by atoms with van der Waals surface area (Å²) in [4.78, 5) is 30.8. The van der Waals surface area contributed by atoms with Crippen LogP contribution in [0.1, 0.15) is 90.7 Å². The summed E-state index contributed by atoms with van der Waals surface area (Å²) in [6.45, 7) is 6.27. The molecule has 1 N–H and O–H groups in total. The molecule has 0 bridgehead atoms. The minimum Gasteiger partial charge on any atom is -0.489 e. The van der Waals surface area contributed by atoms with Gasteiger partial charge in [0.2, 0.25) is 5.91 Å². The van der Waals surface area contributed by atoms with Crippen LogP contribution in [0.2, 0.25) is 0 Å². The number of amides is 1. The van der Waals surface area contributed by atoms with Gasteiger partial charge in [0.15, 0.2) is 5.82 Å². The van der Waals surface area contributed by atoms with Gasteiger partial charge in [-0.3, -0.25) is 4.79 Å².